The Bertz CT molecular complexity index is 1360. The first-order valence-electron chi connectivity index (χ1n) is 15.7. The second-order valence-corrected chi connectivity index (χ2v) is 14.1. The summed E-state index contributed by atoms with van der Waals surface area (Å²) < 4.78 is 23.3. The Labute approximate surface area is 253 Å². The molecule has 6 aliphatic rings. The van der Waals surface area contributed by atoms with E-state index in [1.807, 2.05) is 13.8 Å². The average Bonchev–Trinajstić information content (AvgIpc) is 3.49. The summed E-state index contributed by atoms with van der Waals surface area (Å²) in [7, 11) is 0. The van der Waals surface area contributed by atoms with Gasteiger partial charge in [0.1, 0.15) is 18.3 Å². The number of ether oxygens (including phenoxy) is 4. The Hall–Kier alpha value is -2.94. The summed E-state index contributed by atoms with van der Waals surface area (Å²) in [5, 5.41) is 12.2. The van der Waals surface area contributed by atoms with Crippen LogP contribution in [0.15, 0.2) is 34.4 Å². The Kier molecular flexibility index (Phi) is 7.22. The van der Waals surface area contributed by atoms with Crippen LogP contribution in [0.1, 0.15) is 80.1 Å². The lowest BCUT2D eigenvalue weighted by molar-refractivity contribution is -0.156. The van der Waals surface area contributed by atoms with Crippen LogP contribution >= 0.6 is 0 Å². The molecule has 2 saturated heterocycles. The molecule has 2 aliphatic heterocycles. The van der Waals surface area contributed by atoms with Crippen LogP contribution in [0.25, 0.3) is 0 Å². The highest BCUT2D eigenvalue weighted by atomic mass is 16.6. The summed E-state index contributed by atoms with van der Waals surface area (Å²) in [4.78, 5) is 50.6. The lowest BCUT2D eigenvalue weighted by Gasteiger charge is -2.45. The van der Waals surface area contributed by atoms with Gasteiger partial charge in [-0.05, 0) is 63.4 Å². The van der Waals surface area contributed by atoms with Crippen LogP contribution in [-0.2, 0) is 38.1 Å². The zero-order chi connectivity index (χ0) is 31.2. The van der Waals surface area contributed by atoms with E-state index in [0.29, 0.717) is 44.3 Å². The van der Waals surface area contributed by atoms with Crippen LogP contribution in [0.5, 0.6) is 0 Å². The van der Waals surface area contributed by atoms with E-state index in [1.165, 1.54) is 13.8 Å². The summed E-state index contributed by atoms with van der Waals surface area (Å²) in [6.45, 7) is 15.4. The van der Waals surface area contributed by atoms with Crippen LogP contribution in [-0.4, -0.2) is 60.0 Å². The minimum atomic E-state index is -1.05. The second-order valence-electron chi connectivity index (χ2n) is 14.1. The number of carbonyl (C=O) groups is 4. The third-order valence-corrected chi connectivity index (χ3v) is 12.0. The van der Waals surface area contributed by atoms with Crippen LogP contribution < -0.4 is 0 Å². The predicted molar refractivity (Wildman–Crippen MR) is 154 cm³/mol. The molecule has 0 aromatic heterocycles. The number of hydrogen-bond acceptors (Lipinski definition) is 9. The molecular formula is C34H44O9. The molecule has 43 heavy (non-hydrogen) atoms. The number of aliphatic hydroxyl groups excluding tert-OH is 1. The van der Waals surface area contributed by atoms with Crippen molar-refractivity contribution in [3.05, 3.63) is 34.4 Å². The van der Waals surface area contributed by atoms with Gasteiger partial charge in [-0.15, -0.1) is 0 Å². The minimum Gasteiger partial charge on any atom is -0.466 e. The van der Waals surface area contributed by atoms with Gasteiger partial charge in [0.25, 0.3) is 0 Å². The average molecular weight is 597 g/mol. The van der Waals surface area contributed by atoms with Crippen molar-refractivity contribution in [1.29, 1.82) is 0 Å². The molecule has 2 heterocycles. The molecule has 0 amide bonds. The Morgan fingerprint density at radius 2 is 1.81 bits per heavy atom. The molecule has 0 aromatic carbocycles. The number of hydrogen-bond donors (Lipinski definition) is 1. The number of fused-ring (bicyclic) bond motifs is 5. The molecule has 234 valence electrons. The molecule has 2 bridgehead atoms. The standard InChI is InChI=1S/C34H44O9/c1-15(9-8-10-40-20(6)35)26-16(2)11-25-28(29(26)37)34(32(39)43-25)14-33-17(3)12-24-22(18(4)31(38)42-24)13-23(33)19(5)27(34)30(33)41-21(7)36/h15,17,22,24-25,27-30,37H,4,8-14H2,1-3,5-7H3/t15-,17+,22-,24+,25-,27+,28-,29-,30+,33+,34+/m1/s1. The summed E-state index contributed by atoms with van der Waals surface area (Å²) >= 11 is 0. The maximum absolute atomic E-state index is 14.2. The zero-order valence-corrected chi connectivity index (χ0v) is 26.1. The molecular weight excluding hydrogens is 552 g/mol. The van der Waals surface area contributed by atoms with Crippen molar-refractivity contribution in [2.45, 2.75) is 104 Å². The highest BCUT2D eigenvalue weighted by Gasteiger charge is 2.79. The van der Waals surface area contributed by atoms with Gasteiger partial charge in [0, 0.05) is 49.0 Å². The maximum Gasteiger partial charge on any atom is 0.334 e. The fourth-order valence-corrected chi connectivity index (χ4v) is 10.4. The molecule has 2 saturated carbocycles. The Balaban J connectivity index is 1.40. The minimum absolute atomic E-state index is 0.0179. The van der Waals surface area contributed by atoms with Crippen molar-refractivity contribution >= 4 is 23.9 Å². The van der Waals surface area contributed by atoms with Gasteiger partial charge >= 0.3 is 23.9 Å². The molecule has 0 radical (unpaired) electrons. The topological polar surface area (TPSA) is 125 Å². The van der Waals surface area contributed by atoms with E-state index in [1.54, 1.807) is 0 Å². The van der Waals surface area contributed by atoms with Crippen molar-refractivity contribution < 1.29 is 43.2 Å². The quantitative estimate of drug-likeness (QED) is 0.156. The van der Waals surface area contributed by atoms with Gasteiger partial charge in [0.2, 0.25) is 0 Å². The van der Waals surface area contributed by atoms with E-state index in [-0.39, 0.29) is 41.8 Å². The molecule has 4 aliphatic carbocycles. The molecule has 2 spiro atoms. The van der Waals surface area contributed by atoms with Crippen molar-refractivity contribution in [2.75, 3.05) is 6.61 Å². The normalized spacial score (nSPS) is 41.9. The van der Waals surface area contributed by atoms with Crippen LogP contribution in [0.4, 0.5) is 0 Å². The van der Waals surface area contributed by atoms with Gasteiger partial charge < -0.3 is 24.1 Å². The SMILES string of the molecule is C=C1C(=O)O[C@H]2C[C@H](C)[C@@]34C[C@]5(C(=O)O[C@@H]6CC(C)=C([C@H](C)CCCOC(C)=O)[C@@H](O)[C@@H]65)[C@@H](C(C)=C3C[C@H]12)[C@@H]4OC(C)=O. The molecule has 4 fully saturated rings. The molecule has 0 unspecified atom stereocenters. The molecule has 0 aromatic rings. The van der Waals surface area contributed by atoms with Crippen molar-refractivity contribution in [3.8, 4) is 0 Å². The lowest BCUT2D eigenvalue weighted by atomic mass is 9.55. The number of esters is 4. The van der Waals surface area contributed by atoms with Gasteiger partial charge in [-0.1, -0.05) is 37.1 Å². The predicted octanol–water partition coefficient (Wildman–Crippen LogP) is 4.37. The highest BCUT2D eigenvalue weighted by Crippen LogP contribution is 2.76. The Morgan fingerprint density at radius 1 is 1.09 bits per heavy atom. The van der Waals surface area contributed by atoms with E-state index >= 15 is 0 Å². The summed E-state index contributed by atoms with van der Waals surface area (Å²) in [5.41, 5.74) is 2.89. The van der Waals surface area contributed by atoms with Gasteiger partial charge in [-0.2, -0.15) is 0 Å². The smallest absolute Gasteiger partial charge is 0.334 e. The summed E-state index contributed by atoms with van der Waals surface area (Å²) in [6, 6.07) is 0. The number of rotatable bonds is 6. The van der Waals surface area contributed by atoms with Crippen molar-refractivity contribution in [1.82, 2.24) is 0 Å². The van der Waals surface area contributed by atoms with E-state index in [9.17, 15) is 24.3 Å². The first kappa shape index (κ1) is 30.1. The molecule has 11 atom stereocenters. The van der Waals surface area contributed by atoms with E-state index in [4.69, 9.17) is 18.9 Å². The van der Waals surface area contributed by atoms with Crippen molar-refractivity contribution in [3.63, 3.8) is 0 Å². The molecule has 9 heteroatoms. The van der Waals surface area contributed by atoms with Crippen LogP contribution in [0, 0.1) is 40.4 Å². The van der Waals surface area contributed by atoms with Gasteiger partial charge in [-0.25, -0.2) is 4.79 Å². The third-order valence-electron chi connectivity index (χ3n) is 12.0. The first-order chi connectivity index (χ1) is 20.2. The highest BCUT2D eigenvalue weighted by molar-refractivity contribution is 5.91. The van der Waals surface area contributed by atoms with Crippen molar-refractivity contribution in [2.24, 2.45) is 40.4 Å². The van der Waals surface area contributed by atoms with Crippen LogP contribution in [0.2, 0.25) is 0 Å². The van der Waals surface area contributed by atoms with Crippen LogP contribution in [0.3, 0.4) is 0 Å². The van der Waals surface area contributed by atoms with E-state index < -0.39 is 46.9 Å². The monoisotopic (exact) mass is 596 g/mol. The molecule has 9 nitrogen and oxygen atoms in total. The van der Waals surface area contributed by atoms with Gasteiger partial charge in [-0.3, -0.25) is 14.4 Å². The Morgan fingerprint density at radius 3 is 2.49 bits per heavy atom. The fraction of sp³-hybridized carbons (Fsp3) is 0.706. The van der Waals surface area contributed by atoms with E-state index in [2.05, 4.69) is 20.4 Å². The number of aliphatic hydroxyl groups is 1. The summed E-state index contributed by atoms with van der Waals surface area (Å²) in [6.07, 6.45) is 1.25. The number of carbonyl (C=O) groups excluding carboxylic acids is 4. The maximum atomic E-state index is 14.2. The lowest BCUT2D eigenvalue weighted by Crippen LogP contribution is -2.50. The fourth-order valence-electron chi connectivity index (χ4n) is 10.4. The first-order valence-corrected chi connectivity index (χ1v) is 15.7. The zero-order valence-electron chi connectivity index (χ0n) is 26.1. The molecule has 6 rings (SSSR count). The largest absolute Gasteiger partial charge is 0.466 e. The van der Waals surface area contributed by atoms with Gasteiger partial charge in [0.05, 0.1) is 18.1 Å². The van der Waals surface area contributed by atoms with Gasteiger partial charge in [0.15, 0.2) is 0 Å². The molecule has 1 N–H and O–H groups in total. The van der Waals surface area contributed by atoms with E-state index in [0.717, 1.165) is 28.7 Å². The summed E-state index contributed by atoms with van der Waals surface area (Å²) in [5.74, 6) is -2.51. The second kappa shape index (κ2) is 10.3. The third kappa shape index (κ3) is 4.12.